The molecule has 3 aromatic rings. The number of halogens is 1. The standard InChI is InChI=1S/C23H15ClN2O2S2/c24-18-11-5-6-12-19(18)26-22(28)17(21(27)25-23(26)29)14-15-8-4-7-13-20(15)30-16-9-2-1-3-10-16/h1-14H,(H,25,27,29)/b17-14-. The van der Waals surface area contributed by atoms with Crippen molar-refractivity contribution in [2.75, 3.05) is 4.90 Å². The zero-order chi connectivity index (χ0) is 21.1. The second-order valence-electron chi connectivity index (χ2n) is 6.36. The molecule has 0 radical (unpaired) electrons. The van der Waals surface area contributed by atoms with Gasteiger partial charge < -0.3 is 0 Å². The Morgan fingerprint density at radius 2 is 1.57 bits per heavy atom. The van der Waals surface area contributed by atoms with Gasteiger partial charge in [-0.1, -0.05) is 71.9 Å². The predicted molar refractivity (Wildman–Crippen MR) is 125 cm³/mol. The molecule has 7 heteroatoms. The van der Waals surface area contributed by atoms with Crippen molar-refractivity contribution in [3.63, 3.8) is 0 Å². The molecule has 0 aliphatic carbocycles. The molecule has 2 amide bonds. The van der Waals surface area contributed by atoms with Crippen LogP contribution in [0.3, 0.4) is 0 Å². The number of benzene rings is 3. The molecule has 148 valence electrons. The van der Waals surface area contributed by atoms with Crippen LogP contribution in [0.25, 0.3) is 6.08 Å². The van der Waals surface area contributed by atoms with Gasteiger partial charge in [0.05, 0.1) is 10.7 Å². The molecule has 3 aromatic carbocycles. The summed E-state index contributed by atoms with van der Waals surface area (Å²) in [6, 6.07) is 24.3. The maximum atomic E-state index is 13.2. The third-order valence-electron chi connectivity index (χ3n) is 4.38. The molecule has 1 fully saturated rings. The van der Waals surface area contributed by atoms with Gasteiger partial charge in [0.25, 0.3) is 11.8 Å². The number of rotatable bonds is 4. The monoisotopic (exact) mass is 450 g/mol. The lowest BCUT2D eigenvalue weighted by Crippen LogP contribution is -2.54. The highest BCUT2D eigenvalue weighted by Crippen LogP contribution is 2.33. The average Bonchev–Trinajstić information content (AvgIpc) is 2.74. The molecule has 1 aliphatic heterocycles. The molecule has 1 saturated heterocycles. The quantitative estimate of drug-likeness (QED) is 0.332. The first-order valence-corrected chi connectivity index (χ1v) is 10.6. The van der Waals surface area contributed by atoms with Gasteiger partial charge in [0.1, 0.15) is 5.57 Å². The Balaban J connectivity index is 1.73. The Morgan fingerprint density at radius 1 is 0.900 bits per heavy atom. The number of nitrogens with zero attached hydrogens (tertiary/aromatic N) is 1. The van der Waals surface area contributed by atoms with Crippen LogP contribution in [-0.2, 0) is 9.59 Å². The Morgan fingerprint density at radius 3 is 2.33 bits per heavy atom. The van der Waals surface area contributed by atoms with Crippen LogP contribution in [0.15, 0.2) is 94.2 Å². The second-order valence-corrected chi connectivity index (χ2v) is 8.27. The highest BCUT2D eigenvalue weighted by molar-refractivity contribution is 7.99. The molecule has 30 heavy (non-hydrogen) atoms. The number of para-hydroxylation sites is 1. The molecule has 4 nitrogen and oxygen atoms in total. The summed E-state index contributed by atoms with van der Waals surface area (Å²) in [6.45, 7) is 0. The molecule has 0 spiro atoms. The van der Waals surface area contributed by atoms with Gasteiger partial charge in [0.15, 0.2) is 5.11 Å². The van der Waals surface area contributed by atoms with Crippen molar-refractivity contribution >= 4 is 64.3 Å². The summed E-state index contributed by atoms with van der Waals surface area (Å²) in [5, 5.41) is 2.96. The van der Waals surface area contributed by atoms with Crippen molar-refractivity contribution in [2.24, 2.45) is 0 Å². The molecule has 1 N–H and O–H groups in total. The number of thiocarbonyl (C=S) groups is 1. The van der Waals surface area contributed by atoms with Crippen LogP contribution in [0, 0.1) is 0 Å². The maximum Gasteiger partial charge on any atom is 0.270 e. The van der Waals surface area contributed by atoms with E-state index in [9.17, 15) is 9.59 Å². The van der Waals surface area contributed by atoms with Crippen LogP contribution < -0.4 is 10.2 Å². The minimum Gasteiger partial charge on any atom is -0.298 e. The largest absolute Gasteiger partial charge is 0.298 e. The number of hydrogen-bond donors (Lipinski definition) is 1. The summed E-state index contributed by atoms with van der Waals surface area (Å²) in [4.78, 5) is 29.0. The van der Waals surface area contributed by atoms with E-state index in [1.807, 2.05) is 54.6 Å². The summed E-state index contributed by atoms with van der Waals surface area (Å²) in [7, 11) is 0. The third kappa shape index (κ3) is 4.16. The molecular formula is C23H15ClN2O2S2. The molecule has 0 saturated carbocycles. The number of carbonyl (C=O) groups is 2. The Bertz CT molecular complexity index is 1180. The third-order valence-corrected chi connectivity index (χ3v) is 6.09. The van der Waals surface area contributed by atoms with Gasteiger partial charge in [0, 0.05) is 9.79 Å². The number of anilines is 1. The van der Waals surface area contributed by atoms with Gasteiger partial charge in [-0.15, -0.1) is 0 Å². The number of carbonyl (C=O) groups excluding carboxylic acids is 2. The van der Waals surface area contributed by atoms with Crippen molar-refractivity contribution in [3.8, 4) is 0 Å². The van der Waals surface area contributed by atoms with Gasteiger partial charge in [-0.2, -0.15) is 0 Å². The van der Waals surface area contributed by atoms with E-state index in [4.69, 9.17) is 23.8 Å². The molecule has 4 rings (SSSR count). The Kier molecular flexibility index (Phi) is 5.99. The first kappa shape index (κ1) is 20.3. The second kappa shape index (κ2) is 8.83. The van der Waals surface area contributed by atoms with E-state index in [1.165, 1.54) is 4.90 Å². The molecule has 0 bridgehead atoms. The van der Waals surface area contributed by atoms with Gasteiger partial charge >= 0.3 is 0 Å². The van der Waals surface area contributed by atoms with Crippen LogP contribution in [0.1, 0.15) is 5.56 Å². The molecular weight excluding hydrogens is 436 g/mol. The van der Waals surface area contributed by atoms with E-state index in [0.717, 1.165) is 15.4 Å². The molecule has 0 unspecified atom stereocenters. The van der Waals surface area contributed by atoms with Crippen molar-refractivity contribution in [2.45, 2.75) is 9.79 Å². The summed E-state index contributed by atoms with van der Waals surface area (Å²) in [5.41, 5.74) is 1.17. The lowest BCUT2D eigenvalue weighted by molar-refractivity contribution is -0.122. The van der Waals surface area contributed by atoms with Gasteiger partial charge in [-0.3, -0.25) is 19.8 Å². The fourth-order valence-electron chi connectivity index (χ4n) is 2.97. The highest BCUT2D eigenvalue weighted by Gasteiger charge is 2.35. The van der Waals surface area contributed by atoms with E-state index in [0.29, 0.717) is 10.7 Å². The highest BCUT2D eigenvalue weighted by atomic mass is 35.5. The SMILES string of the molecule is O=C1NC(=S)N(c2ccccc2Cl)C(=O)/C1=C\c1ccccc1Sc1ccccc1. The summed E-state index contributed by atoms with van der Waals surface area (Å²) in [5.74, 6) is -1.05. The van der Waals surface area contributed by atoms with Crippen molar-refractivity contribution < 1.29 is 9.59 Å². The molecule has 0 aromatic heterocycles. The van der Waals surface area contributed by atoms with E-state index >= 15 is 0 Å². The molecule has 1 aliphatic rings. The smallest absolute Gasteiger partial charge is 0.270 e. The fourth-order valence-corrected chi connectivity index (χ4v) is 4.41. The van der Waals surface area contributed by atoms with E-state index < -0.39 is 11.8 Å². The molecule has 0 atom stereocenters. The molecule has 1 heterocycles. The van der Waals surface area contributed by atoms with E-state index in [-0.39, 0.29) is 10.7 Å². The lowest BCUT2D eigenvalue weighted by Gasteiger charge is -2.29. The zero-order valence-electron chi connectivity index (χ0n) is 15.5. The zero-order valence-corrected chi connectivity index (χ0v) is 17.9. The first-order chi connectivity index (χ1) is 14.5. The average molecular weight is 451 g/mol. The van der Waals surface area contributed by atoms with Crippen LogP contribution in [-0.4, -0.2) is 16.9 Å². The van der Waals surface area contributed by atoms with E-state index in [1.54, 1.807) is 42.1 Å². The van der Waals surface area contributed by atoms with Crippen LogP contribution in [0.5, 0.6) is 0 Å². The maximum absolute atomic E-state index is 13.2. The fraction of sp³-hybridized carbons (Fsp3) is 0. The van der Waals surface area contributed by atoms with Gasteiger partial charge in [-0.25, -0.2) is 0 Å². The minimum absolute atomic E-state index is 0.00203. The predicted octanol–water partition coefficient (Wildman–Crippen LogP) is 5.32. The Labute approximate surface area is 188 Å². The van der Waals surface area contributed by atoms with Crippen LogP contribution >= 0.6 is 35.6 Å². The van der Waals surface area contributed by atoms with Crippen LogP contribution in [0.4, 0.5) is 5.69 Å². The van der Waals surface area contributed by atoms with Crippen molar-refractivity contribution in [1.82, 2.24) is 5.32 Å². The van der Waals surface area contributed by atoms with Crippen molar-refractivity contribution in [1.29, 1.82) is 0 Å². The number of nitrogens with one attached hydrogen (secondary N) is 1. The van der Waals surface area contributed by atoms with Gasteiger partial charge in [0.2, 0.25) is 0 Å². The lowest BCUT2D eigenvalue weighted by atomic mass is 10.1. The number of amides is 2. The summed E-state index contributed by atoms with van der Waals surface area (Å²) >= 11 is 13.1. The summed E-state index contributed by atoms with van der Waals surface area (Å²) < 4.78 is 0. The summed E-state index contributed by atoms with van der Waals surface area (Å²) in [6.07, 6.45) is 1.59. The minimum atomic E-state index is -0.534. The van der Waals surface area contributed by atoms with Crippen molar-refractivity contribution in [3.05, 3.63) is 95.0 Å². The van der Waals surface area contributed by atoms with Crippen LogP contribution in [0.2, 0.25) is 5.02 Å². The van der Waals surface area contributed by atoms with E-state index in [2.05, 4.69) is 5.32 Å². The normalized spacial score (nSPS) is 15.4. The van der Waals surface area contributed by atoms with Gasteiger partial charge in [-0.05, 0) is 54.2 Å². The number of hydrogen-bond acceptors (Lipinski definition) is 4. The topological polar surface area (TPSA) is 49.4 Å². The Hall–Kier alpha value is -2.93. The first-order valence-electron chi connectivity index (χ1n) is 9.02.